The summed E-state index contributed by atoms with van der Waals surface area (Å²) < 4.78 is 0. The number of amides is 2. The Labute approximate surface area is 89.7 Å². The third-order valence-corrected chi connectivity index (χ3v) is 2.08. The molecule has 1 heterocycles. The number of piperazine rings is 1. The molecule has 0 spiro atoms. The minimum absolute atomic E-state index is 0.0874. The number of hydrogen-bond donors (Lipinski definition) is 1. The van der Waals surface area contributed by atoms with Gasteiger partial charge in [-0.2, -0.15) is 0 Å². The van der Waals surface area contributed by atoms with Gasteiger partial charge in [0.05, 0.1) is 6.54 Å². The number of rotatable bonds is 3. The van der Waals surface area contributed by atoms with Crippen LogP contribution in [0.2, 0.25) is 0 Å². The minimum Gasteiger partial charge on any atom is -0.353 e. The second-order valence-corrected chi connectivity index (χ2v) is 3.77. The summed E-state index contributed by atoms with van der Waals surface area (Å²) in [5.41, 5.74) is 0. The summed E-state index contributed by atoms with van der Waals surface area (Å²) in [6.45, 7) is 2.04. The Hall–Kier alpha value is -1.36. The Morgan fingerprint density at radius 2 is 2.33 bits per heavy atom. The lowest BCUT2D eigenvalue weighted by atomic mass is 10.3. The Morgan fingerprint density at radius 3 is 2.93 bits per heavy atom. The lowest BCUT2D eigenvalue weighted by molar-refractivity contribution is -0.134. The van der Waals surface area contributed by atoms with Crippen molar-refractivity contribution in [3.8, 4) is 0 Å². The maximum atomic E-state index is 11.6. The van der Waals surface area contributed by atoms with Crippen molar-refractivity contribution in [1.82, 2.24) is 15.1 Å². The predicted octanol–water partition coefficient (Wildman–Crippen LogP) is -0.937. The maximum Gasteiger partial charge on any atom is 0.246 e. The molecule has 15 heavy (non-hydrogen) atoms. The highest BCUT2D eigenvalue weighted by atomic mass is 16.2. The summed E-state index contributed by atoms with van der Waals surface area (Å²) in [6, 6.07) is 0. The largest absolute Gasteiger partial charge is 0.353 e. The number of hydrogen-bond acceptors (Lipinski definition) is 3. The first-order valence-corrected chi connectivity index (χ1v) is 4.96. The van der Waals surface area contributed by atoms with Gasteiger partial charge in [-0.1, -0.05) is 6.08 Å². The Bertz CT molecular complexity index is 274. The van der Waals surface area contributed by atoms with Crippen molar-refractivity contribution in [2.24, 2.45) is 0 Å². The second-order valence-electron chi connectivity index (χ2n) is 3.77. The first kappa shape index (κ1) is 11.7. The molecule has 5 nitrogen and oxygen atoms in total. The van der Waals surface area contributed by atoms with E-state index in [1.165, 1.54) is 6.08 Å². The average Bonchev–Trinajstić information content (AvgIpc) is 2.17. The lowest BCUT2D eigenvalue weighted by Gasteiger charge is -2.25. The van der Waals surface area contributed by atoms with Crippen molar-refractivity contribution < 1.29 is 9.59 Å². The molecule has 0 unspecified atom stereocenters. The van der Waals surface area contributed by atoms with Crippen LogP contribution in [-0.2, 0) is 9.59 Å². The molecule has 1 aliphatic heterocycles. The molecular formula is C10H17N3O2. The van der Waals surface area contributed by atoms with E-state index in [4.69, 9.17) is 0 Å². The molecule has 1 aliphatic rings. The van der Waals surface area contributed by atoms with E-state index in [-0.39, 0.29) is 18.4 Å². The molecule has 2 amide bonds. The Morgan fingerprint density at radius 1 is 1.60 bits per heavy atom. The number of carbonyl (C=O) groups excluding carboxylic acids is 2. The molecule has 0 aromatic carbocycles. The van der Waals surface area contributed by atoms with Crippen LogP contribution in [0.3, 0.4) is 0 Å². The molecule has 84 valence electrons. The van der Waals surface area contributed by atoms with Gasteiger partial charge in [0.15, 0.2) is 0 Å². The van der Waals surface area contributed by atoms with Gasteiger partial charge < -0.3 is 15.1 Å². The summed E-state index contributed by atoms with van der Waals surface area (Å²) in [5, 5.41) is 2.68. The molecule has 0 atom stereocenters. The number of nitrogens with zero attached hydrogens (tertiary/aromatic N) is 2. The van der Waals surface area contributed by atoms with E-state index in [0.717, 1.165) is 6.54 Å². The fourth-order valence-electron chi connectivity index (χ4n) is 1.30. The van der Waals surface area contributed by atoms with Crippen LogP contribution in [-0.4, -0.2) is 61.9 Å². The van der Waals surface area contributed by atoms with Crippen molar-refractivity contribution in [2.45, 2.75) is 0 Å². The highest BCUT2D eigenvalue weighted by Gasteiger charge is 2.18. The van der Waals surface area contributed by atoms with E-state index in [1.54, 1.807) is 11.0 Å². The average molecular weight is 211 g/mol. The van der Waals surface area contributed by atoms with E-state index in [1.807, 2.05) is 19.0 Å². The van der Waals surface area contributed by atoms with Crippen molar-refractivity contribution in [3.63, 3.8) is 0 Å². The molecule has 1 N–H and O–H groups in total. The minimum atomic E-state index is -0.0910. The van der Waals surface area contributed by atoms with Crippen molar-refractivity contribution in [1.29, 1.82) is 0 Å². The van der Waals surface area contributed by atoms with Gasteiger partial charge in [-0.15, -0.1) is 0 Å². The zero-order valence-electron chi connectivity index (χ0n) is 9.19. The van der Waals surface area contributed by atoms with Crippen molar-refractivity contribution in [3.05, 3.63) is 12.2 Å². The highest BCUT2D eigenvalue weighted by molar-refractivity contribution is 5.92. The molecular weight excluding hydrogens is 194 g/mol. The lowest BCUT2D eigenvalue weighted by Crippen LogP contribution is -2.49. The quantitative estimate of drug-likeness (QED) is 0.613. The fourth-order valence-corrected chi connectivity index (χ4v) is 1.30. The first-order valence-electron chi connectivity index (χ1n) is 4.96. The van der Waals surface area contributed by atoms with Crippen LogP contribution >= 0.6 is 0 Å². The molecule has 0 bridgehead atoms. The zero-order valence-corrected chi connectivity index (χ0v) is 9.19. The summed E-state index contributed by atoms with van der Waals surface area (Å²) in [5.74, 6) is -0.178. The molecule has 1 fully saturated rings. The monoisotopic (exact) mass is 211 g/mol. The molecule has 0 aromatic rings. The third kappa shape index (κ3) is 4.12. The maximum absolute atomic E-state index is 11.6. The van der Waals surface area contributed by atoms with Gasteiger partial charge in [-0.3, -0.25) is 9.59 Å². The van der Waals surface area contributed by atoms with Gasteiger partial charge in [0, 0.05) is 25.7 Å². The van der Waals surface area contributed by atoms with E-state index in [9.17, 15) is 9.59 Å². The first-order chi connectivity index (χ1) is 7.09. The standard InChI is InChI=1S/C10H17N3O2/c1-12(2)6-3-4-10(15)13-7-5-11-9(14)8-13/h3-4H,5-8H2,1-2H3,(H,11,14). The summed E-state index contributed by atoms with van der Waals surface area (Å²) in [4.78, 5) is 26.1. The highest BCUT2D eigenvalue weighted by Crippen LogP contribution is 1.95. The van der Waals surface area contributed by atoms with Crippen LogP contribution in [0, 0.1) is 0 Å². The van der Waals surface area contributed by atoms with E-state index < -0.39 is 0 Å². The number of nitrogens with one attached hydrogen (secondary N) is 1. The normalized spacial score (nSPS) is 17.3. The molecule has 1 rings (SSSR count). The van der Waals surface area contributed by atoms with E-state index >= 15 is 0 Å². The number of likely N-dealkylation sites (N-methyl/N-ethyl adjacent to an activating group) is 1. The van der Waals surface area contributed by atoms with Gasteiger partial charge in [0.2, 0.25) is 11.8 Å². The van der Waals surface area contributed by atoms with E-state index in [2.05, 4.69) is 5.32 Å². The molecule has 1 saturated heterocycles. The van der Waals surface area contributed by atoms with Gasteiger partial charge in [0.1, 0.15) is 0 Å². The van der Waals surface area contributed by atoms with Crippen LogP contribution in [0.1, 0.15) is 0 Å². The molecule has 0 radical (unpaired) electrons. The summed E-state index contributed by atoms with van der Waals surface area (Å²) in [6.07, 6.45) is 3.33. The van der Waals surface area contributed by atoms with Gasteiger partial charge in [-0.05, 0) is 14.1 Å². The van der Waals surface area contributed by atoms with Crippen LogP contribution in [0.4, 0.5) is 0 Å². The predicted molar refractivity (Wildman–Crippen MR) is 57.3 cm³/mol. The molecule has 0 aliphatic carbocycles. The SMILES string of the molecule is CN(C)CC=CC(=O)N1CCNC(=O)C1. The Balaban J connectivity index is 2.39. The van der Waals surface area contributed by atoms with Crippen LogP contribution in [0.25, 0.3) is 0 Å². The molecule has 0 aromatic heterocycles. The topological polar surface area (TPSA) is 52.7 Å². The zero-order chi connectivity index (χ0) is 11.3. The van der Waals surface area contributed by atoms with Gasteiger partial charge in [0.25, 0.3) is 0 Å². The molecule has 0 saturated carbocycles. The Kier molecular flexibility index (Phi) is 4.30. The number of carbonyl (C=O) groups is 2. The molecule has 5 heteroatoms. The van der Waals surface area contributed by atoms with Crippen molar-refractivity contribution in [2.75, 3.05) is 40.3 Å². The van der Waals surface area contributed by atoms with Crippen molar-refractivity contribution >= 4 is 11.8 Å². The summed E-state index contributed by atoms with van der Waals surface area (Å²) in [7, 11) is 3.87. The van der Waals surface area contributed by atoms with Crippen LogP contribution in [0.15, 0.2) is 12.2 Å². The van der Waals surface area contributed by atoms with E-state index in [0.29, 0.717) is 13.1 Å². The van der Waals surface area contributed by atoms with Gasteiger partial charge in [-0.25, -0.2) is 0 Å². The third-order valence-electron chi connectivity index (χ3n) is 2.08. The van der Waals surface area contributed by atoms with Gasteiger partial charge >= 0.3 is 0 Å². The second kappa shape index (κ2) is 5.50. The fraction of sp³-hybridized carbons (Fsp3) is 0.600. The van der Waals surface area contributed by atoms with Crippen LogP contribution < -0.4 is 5.32 Å². The summed E-state index contributed by atoms with van der Waals surface area (Å²) >= 11 is 0. The smallest absolute Gasteiger partial charge is 0.246 e. The van der Waals surface area contributed by atoms with Crippen LogP contribution in [0.5, 0.6) is 0 Å².